The summed E-state index contributed by atoms with van der Waals surface area (Å²) in [7, 11) is 1.51. The minimum absolute atomic E-state index is 0.147. The molecule has 0 unspecified atom stereocenters. The van der Waals surface area contributed by atoms with Crippen LogP contribution < -0.4 is 4.74 Å². The predicted octanol–water partition coefficient (Wildman–Crippen LogP) is 2.16. The van der Waals surface area contributed by atoms with Gasteiger partial charge in [0.1, 0.15) is 11.8 Å². The van der Waals surface area contributed by atoms with E-state index in [9.17, 15) is 4.79 Å². The highest BCUT2D eigenvalue weighted by Crippen LogP contribution is 2.33. The van der Waals surface area contributed by atoms with Crippen LogP contribution in [0.5, 0.6) is 5.75 Å². The normalized spacial score (nSPS) is 14.4. The number of ether oxygens (including phenoxy) is 1. The molecule has 0 saturated heterocycles. The highest BCUT2D eigenvalue weighted by atomic mass is 16.5. The lowest BCUT2D eigenvalue weighted by atomic mass is 10.0. The quantitative estimate of drug-likeness (QED) is 0.704. The average Bonchev–Trinajstić information content (AvgIpc) is 3.11. The molecular formula is C12H11NO2. The molecule has 0 radical (unpaired) electrons. The third-order valence-corrected chi connectivity index (χ3v) is 2.55. The minimum atomic E-state index is 0.147. The molecule has 3 heteroatoms. The van der Waals surface area contributed by atoms with Gasteiger partial charge in [-0.15, -0.1) is 0 Å². The van der Waals surface area contributed by atoms with Gasteiger partial charge in [0.05, 0.1) is 12.7 Å². The van der Waals surface area contributed by atoms with Crippen molar-refractivity contribution in [1.29, 1.82) is 5.26 Å². The van der Waals surface area contributed by atoms with Crippen LogP contribution in [0, 0.1) is 17.2 Å². The largest absolute Gasteiger partial charge is 0.495 e. The van der Waals surface area contributed by atoms with Crippen LogP contribution in [0.15, 0.2) is 18.2 Å². The first-order valence-corrected chi connectivity index (χ1v) is 4.88. The first-order valence-electron chi connectivity index (χ1n) is 4.88. The van der Waals surface area contributed by atoms with E-state index in [1.165, 1.54) is 7.11 Å². The zero-order chi connectivity index (χ0) is 10.8. The van der Waals surface area contributed by atoms with Gasteiger partial charge in [0.25, 0.3) is 0 Å². The Morgan fingerprint density at radius 3 is 2.80 bits per heavy atom. The van der Waals surface area contributed by atoms with Crippen molar-refractivity contribution < 1.29 is 9.53 Å². The Bertz CT molecular complexity index is 441. The molecule has 76 valence electrons. The van der Waals surface area contributed by atoms with Gasteiger partial charge in [-0.3, -0.25) is 4.79 Å². The van der Waals surface area contributed by atoms with Crippen molar-refractivity contribution in [2.24, 2.45) is 5.92 Å². The summed E-state index contributed by atoms with van der Waals surface area (Å²) in [5, 5.41) is 8.87. The van der Waals surface area contributed by atoms with E-state index >= 15 is 0 Å². The van der Waals surface area contributed by atoms with Crippen molar-refractivity contribution in [1.82, 2.24) is 0 Å². The fourth-order valence-electron chi connectivity index (χ4n) is 1.53. The van der Waals surface area contributed by atoms with Gasteiger partial charge in [0.15, 0.2) is 5.78 Å². The number of Topliss-reactive ketones (excluding diaryl/α,β-unsaturated/α-hetero) is 1. The van der Waals surface area contributed by atoms with Crippen LogP contribution in [0.2, 0.25) is 0 Å². The summed E-state index contributed by atoms with van der Waals surface area (Å²) in [6.07, 6.45) is 1.96. The van der Waals surface area contributed by atoms with E-state index in [-0.39, 0.29) is 11.7 Å². The van der Waals surface area contributed by atoms with Gasteiger partial charge in [-0.25, -0.2) is 0 Å². The van der Waals surface area contributed by atoms with E-state index in [0.29, 0.717) is 16.9 Å². The van der Waals surface area contributed by atoms with Crippen molar-refractivity contribution in [3.05, 3.63) is 29.3 Å². The lowest BCUT2D eigenvalue weighted by molar-refractivity contribution is 0.0967. The number of nitriles is 1. The van der Waals surface area contributed by atoms with Gasteiger partial charge in [0, 0.05) is 11.5 Å². The Morgan fingerprint density at radius 1 is 1.53 bits per heavy atom. The molecule has 0 aromatic heterocycles. The van der Waals surface area contributed by atoms with Gasteiger partial charge in [0.2, 0.25) is 0 Å². The molecule has 0 amide bonds. The second kappa shape index (κ2) is 3.74. The van der Waals surface area contributed by atoms with E-state index < -0.39 is 0 Å². The molecular weight excluding hydrogens is 190 g/mol. The topological polar surface area (TPSA) is 50.1 Å². The molecule has 1 aromatic carbocycles. The second-order valence-corrected chi connectivity index (χ2v) is 3.67. The van der Waals surface area contributed by atoms with Crippen LogP contribution >= 0.6 is 0 Å². The Balaban J connectivity index is 2.34. The summed E-state index contributed by atoms with van der Waals surface area (Å²) in [5.41, 5.74) is 1.04. The summed E-state index contributed by atoms with van der Waals surface area (Å²) in [6, 6.07) is 7.03. The number of hydrogen-bond acceptors (Lipinski definition) is 3. The third kappa shape index (κ3) is 1.84. The highest BCUT2D eigenvalue weighted by Gasteiger charge is 2.30. The molecule has 1 saturated carbocycles. The molecule has 0 heterocycles. The number of rotatable bonds is 3. The highest BCUT2D eigenvalue weighted by molar-refractivity contribution is 5.99. The van der Waals surface area contributed by atoms with Gasteiger partial charge in [-0.05, 0) is 31.0 Å². The van der Waals surface area contributed by atoms with E-state index in [1.54, 1.807) is 18.2 Å². The molecule has 1 aromatic rings. The predicted molar refractivity (Wildman–Crippen MR) is 54.8 cm³/mol. The molecule has 0 aliphatic heterocycles. The maximum atomic E-state index is 11.7. The number of ketones is 1. The standard InChI is InChI=1S/C12H11NO2/c1-15-11-5-4-9(6-10(11)7-13)12(14)8-2-3-8/h4-6,8H,2-3H2,1H3. The molecule has 1 aliphatic carbocycles. The van der Waals surface area contributed by atoms with Gasteiger partial charge in [-0.1, -0.05) is 0 Å². The molecule has 2 rings (SSSR count). The zero-order valence-electron chi connectivity index (χ0n) is 8.49. The summed E-state index contributed by atoms with van der Waals surface area (Å²) in [5.74, 6) is 0.851. The van der Waals surface area contributed by atoms with Crippen molar-refractivity contribution in [3.8, 4) is 11.8 Å². The van der Waals surface area contributed by atoms with E-state index in [0.717, 1.165) is 12.8 Å². The molecule has 3 nitrogen and oxygen atoms in total. The Morgan fingerprint density at radius 2 is 2.27 bits per heavy atom. The summed E-state index contributed by atoms with van der Waals surface area (Å²) in [4.78, 5) is 11.7. The smallest absolute Gasteiger partial charge is 0.165 e. The molecule has 0 N–H and O–H groups in total. The van der Waals surface area contributed by atoms with Crippen LogP contribution in [0.3, 0.4) is 0 Å². The third-order valence-electron chi connectivity index (χ3n) is 2.55. The van der Waals surface area contributed by atoms with Gasteiger partial charge < -0.3 is 4.74 Å². The number of hydrogen-bond donors (Lipinski definition) is 0. The maximum Gasteiger partial charge on any atom is 0.165 e. The first-order chi connectivity index (χ1) is 7.26. The molecule has 0 spiro atoms. The molecule has 1 aliphatic rings. The van der Waals surface area contributed by atoms with E-state index in [2.05, 4.69) is 0 Å². The Labute approximate surface area is 88.3 Å². The molecule has 1 fully saturated rings. The molecule has 15 heavy (non-hydrogen) atoms. The number of benzene rings is 1. The molecule has 0 atom stereocenters. The fraction of sp³-hybridized carbons (Fsp3) is 0.333. The van der Waals surface area contributed by atoms with Crippen LogP contribution in [0.1, 0.15) is 28.8 Å². The van der Waals surface area contributed by atoms with Gasteiger partial charge >= 0.3 is 0 Å². The Kier molecular flexibility index (Phi) is 2.42. The van der Waals surface area contributed by atoms with E-state index in [1.807, 2.05) is 6.07 Å². The van der Waals surface area contributed by atoms with Crippen LogP contribution in [0.4, 0.5) is 0 Å². The summed E-state index contributed by atoms with van der Waals surface area (Å²) in [6.45, 7) is 0. The number of carbonyl (C=O) groups is 1. The monoisotopic (exact) mass is 201 g/mol. The van der Waals surface area contributed by atoms with Crippen LogP contribution in [0.25, 0.3) is 0 Å². The first kappa shape index (κ1) is 9.72. The molecule has 0 bridgehead atoms. The lowest BCUT2D eigenvalue weighted by Gasteiger charge is -2.04. The van der Waals surface area contributed by atoms with Crippen molar-refractivity contribution in [3.63, 3.8) is 0 Å². The van der Waals surface area contributed by atoms with Crippen molar-refractivity contribution >= 4 is 5.78 Å². The van der Waals surface area contributed by atoms with Crippen molar-refractivity contribution in [2.45, 2.75) is 12.8 Å². The number of nitrogens with zero attached hydrogens (tertiary/aromatic N) is 1. The van der Waals surface area contributed by atoms with Gasteiger partial charge in [-0.2, -0.15) is 5.26 Å². The van der Waals surface area contributed by atoms with Crippen LogP contribution in [-0.4, -0.2) is 12.9 Å². The average molecular weight is 201 g/mol. The summed E-state index contributed by atoms with van der Waals surface area (Å²) < 4.78 is 5.01. The lowest BCUT2D eigenvalue weighted by Crippen LogP contribution is -2.02. The maximum absolute atomic E-state index is 11.7. The summed E-state index contributed by atoms with van der Waals surface area (Å²) >= 11 is 0. The number of methoxy groups -OCH3 is 1. The number of carbonyl (C=O) groups excluding carboxylic acids is 1. The van der Waals surface area contributed by atoms with Crippen LogP contribution in [-0.2, 0) is 0 Å². The van der Waals surface area contributed by atoms with E-state index in [4.69, 9.17) is 10.00 Å². The minimum Gasteiger partial charge on any atom is -0.495 e. The zero-order valence-corrected chi connectivity index (χ0v) is 8.49. The SMILES string of the molecule is COc1ccc(C(=O)C2CC2)cc1C#N. The second-order valence-electron chi connectivity index (χ2n) is 3.67. The Hall–Kier alpha value is -1.82. The van der Waals surface area contributed by atoms with Crippen molar-refractivity contribution in [2.75, 3.05) is 7.11 Å². The fourth-order valence-corrected chi connectivity index (χ4v) is 1.53.